The van der Waals surface area contributed by atoms with Crippen LogP contribution < -0.4 is 10.6 Å². The molecule has 0 fully saturated rings. The van der Waals surface area contributed by atoms with Crippen molar-refractivity contribution in [3.05, 3.63) is 74.9 Å². The van der Waals surface area contributed by atoms with Crippen LogP contribution in [0.4, 0.5) is 14.6 Å². The van der Waals surface area contributed by atoms with Gasteiger partial charge in [-0.1, -0.05) is 25.1 Å². The second-order valence-corrected chi connectivity index (χ2v) is 11.5. The van der Waals surface area contributed by atoms with Gasteiger partial charge in [-0.3, -0.25) is 0 Å². The van der Waals surface area contributed by atoms with Crippen LogP contribution >= 0.6 is 15.9 Å². The number of sulfone groups is 1. The minimum atomic E-state index is -3.31. The Kier molecular flexibility index (Phi) is 7.84. The van der Waals surface area contributed by atoms with Crippen LogP contribution in [0.1, 0.15) is 35.2 Å². The molecule has 3 unspecified atom stereocenters. The van der Waals surface area contributed by atoms with Crippen molar-refractivity contribution < 1.29 is 22.3 Å². The average Bonchev–Trinajstić information content (AvgIpc) is 3.19. The molecule has 0 radical (unpaired) electrons. The summed E-state index contributed by atoms with van der Waals surface area (Å²) >= 11 is 3.25. The fourth-order valence-corrected chi connectivity index (χ4v) is 6.23. The van der Waals surface area contributed by atoms with Gasteiger partial charge < -0.3 is 15.7 Å². The second kappa shape index (κ2) is 10.7. The molecule has 0 bridgehead atoms. The summed E-state index contributed by atoms with van der Waals surface area (Å²) in [6.07, 6.45) is -0.165. The SMILES string of the molecule is CCc1ccc2c(c1)C(NCC(O)C(Cc1cc(F)cc(F)c1)Nc1n[nH]nc1Br)CS(=O)(=O)C2. The van der Waals surface area contributed by atoms with E-state index in [1.165, 1.54) is 12.1 Å². The van der Waals surface area contributed by atoms with Crippen molar-refractivity contribution in [1.29, 1.82) is 0 Å². The lowest BCUT2D eigenvalue weighted by Gasteiger charge is -2.30. The van der Waals surface area contributed by atoms with E-state index in [1.807, 2.05) is 25.1 Å². The topological polar surface area (TPSA) is 120 Å². The molecular weight excluding hydrogens is 544 g/mol. The molecule has 0 saturated carbocycles. The minimum Gasteiger partial charge on any atom is -0.390 e. The lowest BCUT2D eigenvalue weighted by Crippen LogP contribution is -2.45. The van der Waals surface area contributed by atoms with Gasteiger partial charge in [-0.05, 0) is 63.2 Å². The molecule has 2 heterocycles. The maximum absolute atomic E-state index is 13.8. The van der Waals surface area contributed by atoms with Crippen LogP contribution in [-0.4, -0.2) is 53.4 Å². The molecule has 4 N–H and O–H groups in total. The van der Waals surface area contributed by atoms with E-state index in [9.17, 15) is 22.3 Å². The van der Waals surface area contributed by atoms with Crippen LogP contribution in [0.2, 0.25) is 0 Å². The number of aryl methyl sites for hydroxylation is 1. The predicted molar refractivity (Wildman–Crippen MR) is 132 cm³/mol. The molecule has 35 heavy (non-hydrogen) atoms. The molecule has 2 aromatic carbocycles. The largest absolute Gasteiger partial charge is 0.390 e. The Balaban J connectivity index is 1.54. The third kappa shape index (κ3) is 6.43. The summed E-state index contributed by atoms with van der Waals surface area (Å²) < 4.78 is 52.9. The van der Waals surface area contributed by atoms with Crippen molar-refractivity contribution in [3.8, 4) is 0 Å². The number of hydrogen-bond donors (Lipinski definition) is 4. The van der Waals surface area contributed by atoms with Gasteiger partial charge in [-0.15, -0.1) is 10.2 Å². The van der Waals surface area contributed by atoms with E-state index >= 15 is 0 Å². The van der Waals surface area contributed by atoms with Crippen LogP contribution in [0, 0.1) is 11.6 Å². The Labute approximate surface area is 210 Å². The van der Waals surface area contributed by atoms with Gasteiger partial charge in [0.15, 0.2) is 20.3 Å². The van der Waals surface area contributed by atoms with E-state index < -0.39 is 39.7 Å². The van der Waals surface area contributed by atoms with Gasteiger partial charge in [0, 0.05) is 18.7 Å². The highest BCUT2D eigenvalue weighted by atomic mass is 79.9. The number of aromatic nitrogens is 3. The minimum absolute atomic E-state index is 0.0113. The lowest BCUT2D eigenvalue weighted by atomic mass is 9.97. The normalized spacial score (nSPS) is 18.6. The number of halogens is 3. The van der Waals surface area contributed by atoms with Gasteiger partial charge in [0.05, 0.1) is 23.7 Å². The van der Waals surface area contributed by atoms with Crippen molar-refractivity contribution in [2.24, 2.45) is 0 Å². The number of nitrogens with zero attached hydrogens (tertiary/aromatic N) is 2. The summed E-state index contributed by atoms with van der Waals surface area (Å²) in [5, 5.41) is 27.6. The molecule has 3 atom stereocenters. The third-order valence-electron chi connectivity index (χ3n) is 6.03. The Bertz CT molecular complexity index is 1280. The van der Waals surface area contributed by atoms with Gasteiger partial charge in [-0.2, -0.15) is 5.21 Å². The number of nitrogens with one attached hydrogen (secondary N) is 3. The van der Waals surface area contributed by atoms with Gasteiger partial charge in [0.25, 0.3) is 0 Å². The zero-order valence-electron chi connectivity index (χ0n) is 18.9. The fraction of sp³-hybridized carbons (Fsp3) is 0.391. The molecule has 1 aliphatic rings. The molecule has 0 spiro atoms. The van der Waals surface area contributed by atoms with E-state index in [0.717, 1.165) is 29.2 Å². The standard InChI is InChI=1S/C23H26BrF2N5O3S/c1-2-13-3-4-15-11-35(33,34)12-20(18(15)7-13)27-10-21(32)19(28-23-22(24)29-31-30-23)8-14-5-16(25)9-17(26)6-14/h3-7,9,19-21,27,32H,2,8,10-12H2,1H3,(H2,28,29,30,31). The second-order valence-electron chi connectivity index (χ2n) is 8.67. The molecule has 12 heteroatoms. The summed E-state index contributed by atoms with van der Waals surface area (Å²) in [6, 6.07) is 7.76. The number of anilines is 1. The Morgan fingerprint density at radius 2 is 1.91 bits per heavy atom. The number of fused-ring (bicyclic) bond motifs is 1. The van der Waals surface area contributed by atoms with Crippen molar-refractivity contribution in [2.45, 2.75) is 43.7 Å². The molecule has 3 aromatic rings. The highest BCUT2D eigenvalue weighted by Gasteiger charge is 2.31. The third-order valence-corrected chi connectivity index (χ3v) is 8.18. The van der Waals surface area contributed by atoms with Crippen molar-refractivity contribution in [1.82, 2.24) is 20.7 Å². The maximum Gasteiger partial charge on any atom is 0.183 e. The molecule has 1 aromatic heterocycles. The number of benzene rings is 2. The zero-order valence-corrected chi connectivity index (χ0v) is 21.3. The summed E-state index contributed by atoms with van der Waals surface area (Å²) in [5.74, 6) is -1.21. The predicted octanol–water partition coefficient (Wildman–Crippen LogP) is 3.05. The quantitative estimate of drug-likeness (QED) is 0.312. The molecule has 1 aliphatic heterocycles. The number of aliphatic hydroxyl groups is 1. The van der Waals surface area contributed by atoms with Crippen LogP contribution in [0.25, 0.3) is 0 Å². The number of aliphatic hydroxyl groups excluding tert-OH is 1. The van der Waals surface area contributed by atoms with Gasteiger partial charge in [0.2, 0.25) is 0 Å². The molecule has 0 aliphatic carbocycles. The number of rotatable bonds is 9. The summed E-state index contributed by atoms with van der Waals surface area (Å²) in [7, 11) is -3.31. The summed E-state index contributed by atoms with van der Waals surface area (Å²) in [4.78, 5) is 0. The molecular formula is C23H26BrF2N5O3S. The lowest BCUT2D eigenvalue weighted by molar-refractivity contribution is 0.145. The van der Waals surface area contributed by atoms with E-state index in [2.05, 4.69) is 42.0 Å². The number of H-pyrrole nitrogens is 1. The molecule has 0 amide bonds. The van der Waals surface area contributed by atoms with E-state index in [-0.39, 0.29) is 24.5 Å². The maximum atomic E-state index is 13.8. The average molecular weight is 570 g/mol. The zero-order chi connectivity index (χ0) is 25.2. The van der Waals surface area contributed by atoms with E-state index in [4.69, 9.17) is 0 Å². The van der Waals surface area contributed by atoms with Crippen molar-refractivity contribution >= 4 is 31.6 Å². The van der Waals surface area contributed by atoms with E-state index in [0.29, 0.717) is 16.0 Å². The first-order chi connectivity index (χ1) is 16.6. The smallest absolute Gasteiger partial charge is 0.183 e. The van der Waals surface area contributed by atoms with Gasteiger partial charge in [-0.25, -0.2) is 17.2 Å². The first-order valence-electron chi connectivity index (χ1n) is 11.1. The van der Waals surface area contributed by atoms with Crippen molar-refractivity contribution in [3.63, 3.8) is 0 Å². The highest BCUT2D eigenvalue weighted by Crippen LogP contribution is 2.29. The summed E-state index contributed by atoms with van der Waals surface area (Å²) in [5.41, 5.74) is 3.09. The number of hydrogen-bond acceptors (Lipinski definition) is 7. The monoisotopic (exact) mass is 569 g/mol. The Hall–Kier alpha value is -2.41. The van der Waals surface area contributed by atoms with Crippen LogP contribution in [0.3, 0.4) is 0 Å². The fourth-order valence-electron chi connectivity index (χ4n) is 4.29. The van der Waals surface area contributed by atoms with Crippen LogP contribution in [-0.2, 0) is 28.4 Å². The first-order valence-corrected chi connectivity index (χ1v) is 13.8. The number of aromatic amines is 1. The van der Waals surface area contributed by atoms with E-state index in [1.54, 1.807) is 0 Å². The van der Waals surface area contributed by atoms with Crippen molar-refractivity contribution in [2.75, 3.05) is 17.6 Å². The molecule has 188 valence electrons. The van der Waals surface area contributed by atoms with Crippen LogP contribution in [0.15, 0.2) is 41.0 Å². The Morgan fingerprint density at radius 1 is 1.17 bits per heavy atom. The first kappa shape index (κ1) is 25.7. The molecule has 8 nitrogen and oxygen atoms in total. The molecule has 0 saturated heterocycles. The molecule has 4 rings (SSSR count). The van der Waals surface area contributed by atoms with Gasteiger partial charge in [0.1, 0.15) is 11.6 Å². The van der Waals surface area contributed by atoms with Crippen LogP contribution in [0.5, 0.6) is 0 Å². The Morgan fingerprint density at radius 3 is 2.57 bits per heavy atom. The summed E-state index contributed by atoms with van der Waals surface area (Å²) in [6.45, 7) is 2.06. The van der Waals surface area contributed by atoms with Gasteiger partial charge >= 0.3 is 0 Å². The highest BCUT2D eigenvalue weighted by molar-refractivity contribution is 9.10.